The minimum atomic E-state index is 0.617. The van der Waals surface area contributed by atoms with Gasteiger partial charge >= 0.3 is 7.69 Å². The lowest BCUT2D eigenvalue weighted by molar-refractivity contribution is 0.823. The van der Waals surface area contributed by atoms with E-state index in [2.05, 4.69) is 4.99 Å². The van der Waals surface area contributed by atoms with Gasteiger partial charge in [-0.25, -0.2) is 0 Å². The fourth-order valence-corrected chi connectivity index (χ4v) is 2.59. The van der Waals surface area contributed by atoms with Crippen molar-refractivity contribution < 1.29 is 4.32 Å². The predicted octanol–water partition coefficient (Wildman–Crippen LogP) is 3.61. The molecular weight excluding hydrogens is 226 g/mol. The van der Waals surface area contributed by atoms with E-state index in [0.29, 0.717) is 7.69 Å². The summed E-state index contributed by atoms with van der Waals surface area (Å²) >= 11 is 0. The van der Waals surface area contributed by atoms with Crippen LogP contribution in [0.3, 0.4) is 0 Å². The van der Waals surface area contributed by atoms with Crippen LogP contribution in [-0.4, -0.2) is 17.9 Å². The van der Waals surface area contributed by atoms with Gasteiger partial charge in [0.1, 0.15) is 0 Å². The second kappa shape index (κ2) is 4.60. The van der Waals surface area contributed by atoms with Crippen molar-refractivity contribution >= 4 is 19.0 Å². The number of aryl methyl sites for hydroxylation is 2. The summed E-state index contributed by atoms with van der Waals surface area (Å²) in [6, 6.07) is 1.99. The van der Waals surface area contributed by atoms with E-state index >= 15 is 0 Å². The SMILES string of the molecule is CC1=CC(C)=N/C1=C(/C)c1c(C)cc(C)n1[B]F. The molecule has 0 unspecified atom stereocenters. The van der Waals surface area contributed by atoms with Crippen molar-refractivity contribution in [3.63, 3.8) is 0 Å². The van der Waals surface area contributed by atoms with Crippen LogP contribution in [-0.2, 0) is 0 Å². The molecule has 0 bridgehead atoms. The number of aliphatic imine (C=N–C) groups is 1. The lowest BCUT2D eigenvalue weighted by Crippen LogP contribution is -2.07. The van der Waals surface area contributed by atoms with Crippen molar-refractivity contribution in [1.29, 1.82) is 0 Å². The van der Waals surface area contributed by atoms with E-state index in [0.717, 1.165) is 39.5 Å². The molecule has 4 heteroatoms. The van der Waals surface area contributed by atoms with E-state index < -0.39 is 0 Å². The molecule has 2 heterocycles. The second-order valence-corrected chi connectivity index (χ2v) is 4.84. The molecule has 0 aromatic carbocycles. The van der Waals surface area contributed by atoms with Gasteiger partial charge in [-0.15, -0.1) is 0 Å². The minimum Gasteiger partial charge on any atom is -0.362 e. The van der Waals surface area contributed by atoms with Gasteiger partial charge in [0.25, 0.3) is 0 Å². The Kier molecular flexibility index (Phi) is 3.29. The molecule has 0 N–H and O–H groups in total. The van der Waals surface area contributed by atoms with Crippen LogP contribution in [0.2, 0.25) is 0 Å². The normalized spacial score (nSPS) is 17.7. The molecule has 0 amide bonds. The summed E-state index contributed by atoms with van der Waals surface area (Å²) in [7, 11) is 0.617. The molecule has 2 rings (SSSR count). The zero-order chi connectivity index (χ0) is 13.4. The van der Waals surface area contributed by atoms with Gasteiger partial charge < -0.3 is 8.79 Å². The third-order valence-corrected chi connectivity index (χ3v) is 3.31. The number of hydrogen-bond donors (Lipinski definition) is 0. The topological polar surface area (TPSA) is 17.3 Å². The highest BCUT2D eigenvalue weighted by molar-refractivity contribution is 6.25. The Hall–Kier alpha value is -1.58. The fraction of sp³-hybridized carbons (Fsp3) is 0.357. The molecule has 0 atom stereocenters. The summed E-state index contributed by atoms with van der Waals surface area (Å²) in [4.78, 5) is 4.53. The van der Waals surface area contributed by atoms with Gasteiger partial charge in [-0.2, -0.15) is 0 Å². The summed E-state index contributed by atoms with van der Waals surface area (Å²) in [5.41, 5.74) is 6.96. The first-order valence-electron chi connectivity index (χ1n) is 6.03. The molecule has 0 aliphatic carbocycles. The first kappa shape index (κ1) is 12.9. The number of aromatic nitrogens is 1. The highest BCUT2D eigenvalue weighted by Gasteiger charge is 2.18. The Labute approximate surface area is 108 Å². The number of rotatable bonds is 2. The molecule has 0 saturated carbocycles. The molecule has 0 fully saturated rings. The molecule has 1 radical (unpaired) electrons. The molecule has 93 valence electrons. The first-order valence-corrected chi connectivity index (χ1v) is 6.03. The van der Waals surface area contributed by atoms with Crippen LogP contribution in [0.5, 0.6) is 0 Å². The standard InChI is InChI=1S/C14H17BFN2/c1-8-6-10(3)17-13(8)12(5)14-9(2)7-11(4)18(14)15-16/h6-7H,1-5H3/b13-12-. The monoisotopic (exact) mass is 243 g/mol. The van der Waals surface area contributed by atoms with Gasteiger partial charge in [0.2, 0.25) is 0 Å². The summed E-state index contributed by atoms with van der Waals surface area (Å²) in [5, 5.41) is 0. The van der Waals surface area contributed by atoms with Crippen molar-refractivity contribution in [1.82, 2.24) is 4.48 Å². The van der Waals surface area contributed by atoms with Gasteiger partial charge in [0, 0.05) is 17.1 Å². The van der Waals surface area contributed by atoms with E-state index in [1.165, 1.54) is 0 Å². The average Bonchev–Trinajstić information content (AvgIpc) is 2.77. The van der Waals surface area contributed by atoms with E-state index in [-0.39, 0.29) is 0 Å². The molecule has 1 aliphatic heterocycles. The zero-order valence-corrected chi connectivity index (χ0v) is 11.5. The van der Waals surface area contributed by atoms with Crippen molar-refractivity contribution in [3.05, 3.63) is 40.4 Å². The molecule has 18 heavy (non-hydrogen) atoms. The Balaban J connectivity index is 2.64. The van der Waals surface area contributed by atoms with Gasteiger partial charge in [-0.3, -0.25) is 4.99 Å². The predicted molar refractivity (Wildman–Crippen MR) is 75.6 cm³/mol. The van der Waals surface area contributed by atoms with E-state index in [4.69, 9.17) is 0 Å². The van der Waals surface area contributed by atoms with Crippen LogP contribution in [0.25, 0.3) is 5.57 Å². The zero-order valence-electron chi connectivity index (χ0n) is 11.5. The number of nitrogens with zero attached hydrogens (tertiary/aromatic N) is 2. The van der Waals surface area contributed by atoms with Crippen molar-refractivity contribution in [2.45, 2.75) is 34.6 Å². The van der Waals surface area contributed by atoms with Gasteiger partial charge in [-0.1, -0.05) is 0 Å². The quantitative estimate of drug-likeness (QED) is 0.706. The fourth-order valence-electron chi connectivity index (χ4n) is 2.59. The van der Waals surface area contributed by atoms with E-state index in [9.17, 15) is 4.32 Å². The Morgan fingerprint density at radius 1 is 1.28 bits per heavy atom. The summed E-state index contributed by atoms with van der Waals surface area (Å²) in [5.74, 6) is 0. The smallest absolute Gasteiger partial charge is 0.362 e. The maximum absolute atomic E-state index is 13.0. The van der Waals surface area contributed by atoms with Gasteiger partial charge in [0.05, 0.1) is 5.70 Å². The number of allylic oxidation sites excluding steroid dienone is 3. The Morgan fingerprint density at radius 2 is 1.94 bits per heavy atom. The second-order valence-electron chi connectivity index (χ2n) is 4.84. The third kappa shape index (κ3) is 1.96. The lowest BCUT2D eigenvalue weighted by atomic mass is 10.0. The van der Waals surface area contributed by atoms with Gasteiger partial charge in [-0.05, 0) is 63.5 Å². The largest absolute Gasteiger partial charge is 0.495 e. The highest BCUT2D eigenvalue weighted by atomic mass is 19.1. The van der Waals surface area contributed by atoms with Crippen LogP contribution < -0.4 is 0 Å². The first-order chi connectivity index (χ1) is 8.45. The number of hydrogen-bond acceptors (Lipinski definition) is 1. The maximum Gasteiger partial charge on any atom is 0.495 e. The molecule has 0 spiro atoms. The van der Waals surface area contributed by atoms with Crippen molar-refractivity contribution in [3.8, 4) is 0 Å². The number of halogens is 1. The van der Waals surface area contributed by atoms with E-state index in [1.54, 1.807) is 4.48 Å². The van der Waals surface area contributed by atoms with Crippen LogP contribution >= 0.6 is 0 Å². The minimum absolute atomic E-state index is 0.617. The summed E-state index contributed by atoms with van der Waals surface area (Å²) in [6.45, 7) is 9.90. The highest BCUT2D eigenvalue weighted by Crippen LogP contribution is 2.31. The van der Waals surface area contributed by atoms with Crippen molar-refractivity contribution in [2.75, 3.05) is 0 Å². The van der Waals surface area contributed by atoms with Crippen LogP contribution in [0.1, 0.15) is 37.7 Å². The molecular formula is C14H17BFN2. The Morgan fingerprint density at radius 3 is 2.44 bits per heavy atom. The third-order valence-electron chi connectivity index (χ3n) is 3.31. The molecule has 2 nitrogen and oxygen atoms in total. The molecule has 1 aliphatic rings. The summed E-state index contributed by atoms with van der Waals surface area (Å²) < 4.78 is 14.6. The Bertz CT molecular complexity index is 591. The average molecular weight is 243 g/mol. The van der Waals surface area contributed by atoms with Crippen LogP contribution in [0.15, 0.2) is 28.4 Å². The maximum atomic E-state index is 13.0. The molecule has 1 aromatic rings. The van der Waals surface area contributed by atoms with Crippen molar-refractivity contribution in [2.24, 2.45) is 4.99 Å². The summed E-state index contributed by atoms with van der Waals surface area (Å²) in [6.07, 6.45) is 2.05. The molecule has 1 aromatic heterocycles. The van der Waals surface area contributed by atoms with E-state index in [1.807, 2.05) is 46.8 Å². The van der Waals surface area contributed by atoms with Crippen LogP contribution in [0.4, 0.5) is 4.32 Å². The molecule has 0 saturated heterocycles. The van der Waals surface area contributed by atoms with Crippen LogP contribution in [0, 0.1) is 13.8 Å². The lowest BCUT2D eigenvalue weighted by Gasteiger charge is -2.11. The van der Waals surface area contributed by atoms with Gasteiger partial charge in [0.15, 0.2) is 0 Å².